The fourth-order valence-electron chi connectivity index (χ4n) is 1.82. The second-order valence-electron chi connectivity index (χ2n) is 4.33. The van der Waals surface area contributed by atoms with Gasteiger partial charge in [-0.1, -0.05) is 36.4 Å². The maximum Gasteiger partial charge on any atom is 0.258 e. The summed E-state index contributed by atoms with van der Waals surface area (Å²) >= 11 is 0. The van der Waals surface area contributed by atoms with Gasteiger partial charge in [0.25, 0.3) is 10.0 Å². The van der Waals surface area contributed by atoms with Crippen LogP contribution in [-0.2, 0) is 10.0 Å². The lowest BCUT2D eigenvalue weighted by Crippen LogP contribution is -2.40. The summed E-state index contributed by atoms with van der Waals surface area (Å²) in [5, 5.41) is 8.89. The Bertz CT molecular complexity index is 727. The van der Waals surface area contributed by atoms with Crippen LogP contribution < -0.4 is 10.5 Å². The van der Waals surface area contributed by atoms with Gasteiger partial charge < -0.3 is 5.73 Å². The number of nitrogens with one attached hydrogen (secondary N) is 1. The lowest BCUT2D eigenvalue weighted by molar-refractivity contribution is 0.534. The highest BCUT2D eigenvalue weighted by atomic mass is 32.2. The highest BCUT2D eigenvalue weighted by molar-refractivity contribution is 7.89. The highest BCUT2D eigenvalue weighted by Crippen LogP contribution is 2.18. The van der Waals surface area contributed by atoms with Gasteiger partial charge in [-0.15, -0.1) is 0 Å². The quantitative estimate of drug-likeness (QED) is 0.854. The number of benzene rings is 1. The monoisotopic (exact) mass is 302 g/mol. The zero-order chi connectivity index (χ0) is 15.3. The molecular weight excluding hydrogens is 288 g/mol. The van der Waals surface area contributed by atoms with E-state index in [9.17, 15) is 8.42 Å². The molecule has 0 aliphatic rings. The summed E-state index contributed by atoms with van der Waals surface area (Å²) in [6.07, 6.45) is 1.39. The Morgan fingerprint density at radius 2 is 1.81 bits per heavy atom. The summed E-state index contributed by atoms with van der Waals surface area (Å²) in [7, 11) is -3.85. The lowest BCUT2D eigenvalue weighted by atomic mass is 10.0. The molecule has 2 rings (SSSR count). The molecule has 0 fully saturated rings. The predicted octanol–water partition coefficient (Wildman–Crippen LogP) is 0.952. The number of nitrogens with two attached hydrogens (primary N) is 1. The molecule has 1 aromatic carbocycles. The minimum atomic E-state index is -3.85. The van der Waals surface area contributed by atoms with Crippen molar-refractivity contribution in [2.45, 2.75) is 17.1 Å². The molecule has 0 saturated carbocycles. The van der Waals surface area contributed by atoms with E-state index in [4.69, 9.17) is 11.0 Å². The molecule has 0 radical (unpaired) electrons. The second kappa shape index (κ2) is 6.45. The van der Waals surface area contributed by atoms with Crippen LogP contribution in [0.25, 0.3) is 0 Å². The molecule has 108 valence electrons. The van der Waals surface area contributed by atoms with Gasteiger partial charge in [0, 0.05) is 6.20 Å². The fourth-order valence-corrected chi connectivity index (χ4v) is 3.01. The van der Waals surface area contributed by atoms with Gasteiger partial charge in [-0.3, -0.25) is 0 Å². The molecule has 0 amide bonds. The molecule has 6 nitrogen and oxygen atoms in total. The number of hydrogen-bond donors (Lipinski definition) is 2. The van der Waals surface area contributed by atoms with Crippen LogP contribution in [0.2, 0.25) is 0 Å². The van der Waals surface area contributed by atoms with Gasteiger partial charge in [0.1, 0.15) is 6.04 Å². The Labute approximate surface area is 123 Å². The molecule has 0 unspecified atom stereocenters. The first-order chi connectivity index (χ1) is 10.0. The first-order valence-corrected chi connectivity index (χ1v) is 7.66. The van der Waals surface area contributed by atoms with Crippen molar-refractivity contribution in [2.24, 2.45) is 5.73 Å². The van der Waals surface area contributed by atoms with Gasteiger partial charge in [0.2, 0.25) is 0 Å². The number of pyridine rings is 1. The van der Waals surface area contributed by atoms with Crippen LogP contribution in [0, 0.1) is 11.3 Å². The van der Waals surface area contributed by atoms with E-state index >= 15 is 0 Å². The Balaban J connectivity index is 2.35. The zero-order valence-corrected chi connectivity index (χ0v) is 11.9. The maximum absolute atomic E-state index is 12.3. The largest absolute Gasteiger partial charge is 0.314 e. The Morgan fingerprint density at radius 1 is 1.14 bits per heavy atom. The Morgan fingerprint density at radius 3 is 2.38 bits per heavy atom. The normalized spacial score (nSPS) is 14.1. The van der Waals surface area contributed by atoms with E-state index in [-0.39, 0.29) is 5.03 Å². The van der Waals surface area contributed by atoms with E-state index in [1.165, 1.54) is 12.3 Å². The van der Waals surface area contributed by atoms with Crippen LogP contribution in [0.15, 0.2) is 59.8 Å². The van der Waals surface area contributed by atoms with Gasteiger partial charge in [0.05, 0.1) is 12.1 Å². The molecule has 0 saturated heterocycles. The average Bonchev–Trinajstić information content (AvgIpc) is 2.53. The first-order valence-electron chi connectivity index (χ1n) is 6.18. The van der Waals surface area contributed by atoms with E-state index in [0.717, 1.165) is 0 Å². The molecular formula is C14H14N4O2S. The average molecular weight is 302 g/mol. The molecule has 0 spiro atoms. The van der Waals surface area contributed by atoms with Crippen LogP contribution in [0.1, 0.15) is 11.6 Å². The SMILES string of the molecule is N#C[C@H](N)[C@@H](NS(=O)(=O)c1ccccn1)c1ccccc1. The van der Waals surface area contributed by atoms with Crippen molar-refractivity contribution in [1.82, 2.24) is 9.71 Å². The molecule has 0 bridgehead atoms. The first kappa shape index (κ1) is 15.1. The molecule has 7 heteroatoms. The van der Waals surface area contributed by atoms with Crippen molar-refractivity contribution in [1.29, 1.82) is 5.26 Å². The third kappa shape index (κ3) is 3.64. The summed E-state index contributed by atoms with van der Waals surface area (Å²) < 4.78 is 27.0. The zero-order valence-electron chi connectivity index (χ0n) is 11.0. The Kier molecular flexibility index (Phi) is 4.65. The number of nitrogens with zero attached hydrogens (tertiary/aromatic N) is 2. The lowest BCUT2D eigenvalue weighted by Gasteiger charge is -2.20. The summed E-state index contributed by atoms with van der Waals surface area (Å²) in [4.78, 5) is 3.81. The number of nitriles is 1. The van der Waals surface area contributed by atoms with Crippen LogP contribution in [0.4, 0.5) is 0 Å². The number of rotatable bonds is 5. The molecule has 0 aliphatic carbocycles. The number of hydrogen-bond acceptors (Lipinski definition) is 5. The van der Waals surface area contributed by atoms with Crippen molar-refractivity contribution in [3.8, 4) is 6.07 Å². The van der Waals surface area contributed by atoms with E-state index < -0.39 is 22.1 Å². The van der Waals surface area contributed by atoms with E-state index in [2.05, 4.69) is 9.71 Å². The number of sulfonamides is 1. The van der Waals surface area contributed by atoms with Crippen LogP contribution in [0.3, 0.4) is 0 Å². The summed E-state index contributed by atoms with van der Waals surface area (Å²) in [6.45, 7) is 0. The van der Waals surface area contributed by atoms with Crippen molar-refractivity contribution in [3.05, 3.63) is 60.3 Å². The molecule has 3 N–H and O–H groups in total. The standard InChI is InChI=1S/C14H14N4O2S/c15-10-12(16)14(11-6-2-1-3-7-11)18-21(19,20)13-8-4-5-9-17-13/h1-9,12,14,18H,16H2/t12-,14-/m0/s1. The summed E-state index contributed by atoms with van der Waals surface area (Å²) in [5.74, 6) is 0. The molecule has 2 atom stereocenters. The minimum absolute atomic E-state index is 0.115. The van der Waals surface area contributed by atoms with Crippen LogP contribution >= 0.6 is 0 Å². The molecule has 1 heterocycles. The molecule has 2 aromatic rings. The third-order valence-electron chi connectivity index (χ3n) is 2.86. The van der Waals surface area contributed by atoms with Crippen molar-refractivity contribution in [2.75, 3.05) is 0 Å². The third-order valence-corrected chi connectivity index (χ3v) is 4.22. The van der Waals surface area contributed by atoms with Gasteiger partial charge in [0.15, 0.2) is 5.03 Å². The van der Waals surface area contributed by atoms with Gasteiger partial charge in [-0.05, 0) is 17.7 Å². The van der Waals surface area contributed by atoms with Crippen LogP contribution in [-0.4, -0.2) is 19.4 Å². The molecule has 21 heavy (non-hydrogen) atoms. The van der Waals surface area contributed by atoms with E-state index in [1.54, 1.807) is 42.5 Å². The van der Waals surface area contributed by atoms with Gasteiger partial charge in [-0.25, -0.2) is 13.4 Å². The Hall–Kier alpha value is -2.27. The topological polar surface area (TPSA) is 109 Å². The summed E-state index contributed by atoms with van der Waals surface area (Å²) in [6, 6.07) is 13.3. The van der Waals surface area contributed by atoms with E-state index in [1.807, 2.05) is 6.07 Å². The smallest absolute Gasteiger partial charge is 0.258 e. The van der Waals surface area contributed by atoms with Crippen molar-refractivity contribution < 1.29 is 8.42 Å². The van der Waals surface area contributed by atoms with Crippen molar-refractivity contribution >= 4 is 10.0 Å². The maximum atomic E-state index is 12.3. The van der Waals surface area contributed by atoms with Crippen molar-refractivity contribution in [3.63, 3.8) is 0 Å². The van der Waals surface area contributed by atoms with Gasteiger partial charge in [-0.2, -0.15) is 9.98 Å². The minimum Gasteiger partial charge on any atom is -0.314 e. The fraction of sp³-hybridized carbons (Fsp3) is 0.143. The second-order valence-corrected chi connectivity index (χ2v) is 5.99. The van der Waals surface area contributed by atoms with Crippen LogP contribution in [0.5, 0.6) is 0 Å². The predicted molar refractivity (Wildman–Crippen MR) is 77.3 cm³/mol. The summed E-state index contributed by atoms with van der Waals surface area (Å²) in [5.41, 5.74) is 6.34. The number of aromatic nitrogens is 1. The van der Waals surface area contributed by atoms with Gasteiger partial charge >= 0.3 is 0 Å². The molecule has 0 aliphatic heterocycles. The van der Waals surface area contributed by atoms with E-state index in [0.29, 0.717) is 5.56 Å². The highest BCUT2D eigenvalue weighted by Gasteiger charge is 2.26. The molecule has 1 aromatic heterocycles.